The van der Waals surface area contributed by atoms with Crippen LogP contribution in [0.25, 0.3) is 0 Å². The molecule has 14 heavy (non-hydrogen) atoms. The first-order valence-electron chi connectivity index (χ1n) is 4.66. The van der Waals surface area contributed by atoms with Gasteiger partial charge in [0.15, 0.2) is 5.78 Å². The fourth-order valence-electron chi connectivity index (χ4n) is 1.58. The lowest BCUT2D eigenvalue weighted by molar-refractivity contribution is 0.0984. The van der Waals surface area contributed by atoms with Gasteiger partial charge in [-0.15, -0.1) is 0 Å². The molecule has 1 fully saturated rings. The molecule has 0 N–H and O–H groups in total. The summed E-state index contributed by atoms with van der Waals surface area (Å²) in [6.45, 7) is 0. The predicted octanol–water partition coefficient (Wildman–Crippen LogP) is 3.98. The van der Waals surface area contributed by atoms with Gasteiger partial charge in [-0.3, -0.25) is 4.79 Å². The summed E-state index contributed by atoms with van der Waals surface area (Å²) in [6.07, 6.45) is 3.51. The number of ketones is 1. The maximum Gasteiger partial charge on any atom is 0.177 e. The summed E-state index contributed by atoms with van der Waals surface area (Å²) >= 11 is 6.81. The third kappa shape index (κ3) is 2.23. The van der Waals surface area contributed by atoms with Crippen molar-refractivity contribution in [3.8, 4) is 0 Å². The van der Waals surface area contributed by atoms with Crippen LogP contribution in [0, 0.1) is 0 Å². The number of carbonyl (C=O) groups is 1. The van der Waals surface area contributed by atoms with Gasteiger partial charge >= 0.3 is 0 Å². The number of thiophene rings is 1. The van der Waals surface area contributed by atoms with Crippen LogP contribution in [0.1, 0.15) is 29.6 Å². The highest BCUT2D eigenvalue weighted by molar-refractivity contribution is 9.10. The van der Waals surface area contributed by atoms with Gasteiger partial charge in [-0.2, -0.15) is 23.1 Å². The molecule has 0 radical (unpaired) electrons. The molecular formula is C10H11BrOS2. The molecule has 1 saturated heterocycles. The molecule has 1 aliphatic heterocycles. The summed E-state index contributed by atoms with van der Waals surface area (Å²) in [7, 11) is 0. The molecule has 0 aliphatic carbocycles. The molecule has 0 bridgehead atoms. The molecule has 4 heteroatoms. The Hall–Kier alpha value is 0.200. The molecule has 1 atom stereocenters. The van der Waals surface area contributed by atoms with Crippen LogP contribution in [0.2, 0.25) is 0 Å². The molecule has 1 aliphatic rings. The molecule has 1 nitrogen and oxygen atoms in total. The van der Waals surface area contributed by atoms with Crippen molar-refractivity contribution in [2.75, 3.05) is 5.75 Å². The minimum Gasteiger partial charge on any atom is -0.293 e. The highest BCUT2D eigenvalue weighted by Gasteiger charge is 2.24. The van der Waals surface area contributed by atoms with Gasteiger partial charge in [0.2, 0.25) is 0 Å². The van der Waals surface area contributed by atoms with E-state index in [1.807, 2.05) is 22.5 Å². The Morgan fingerprint density at radius 2 is 2.29 bits per heavy atom. The van der Waals surface area contributed by atoms with Gasteiger partial charge in [0.1, 0.15) is 0 Å². The molecular weight excluding hydrogens is 280 g/mol. The summed E-state index contributed by atoms with van der Waals surface area (Å²) in [4.78, 5) is 12.0. The Bertz CT molecular complexity index is 329. The van der Waals surface area contributed by atoms with E-state index < -0.39 is 0 Å². The largest absolute Gasteiger partial charge is 0.293 e. The van der Waals surface area contributed by atoms with E-state index in [1.165, 1.54) is 12.8 Å². The number of Topliss-reactive ketones (excluding diaryl/α,β-unsaturated/α-hetero) is 1. The standard InChI is InChI=1S/C10H11BrOS2/c11-8-6-13-5-7(8)10(12)9-3-1-2-4-14-9/h5-6,9H,1-4H2. The minimum absolute atomic E-state index is 0.203. The number of carbonyl (C=O) groups excluding carboxylic acids is 1. The number of halogens is 1. The lowest BCUT2D eigenvalue weighted by Crippen LogP contribution is -2.20. The Morgan fingerprint density at radius 3 is 2.86 bits per heavy atom. The van der Waals surface area contributed by atoms with Gasteiger partial charge in [0, 0.05) is 20.8 Å². The van der Waals surface area contributed by atoms with Crippen LogP contribution in [0.5, 0.6) is 0 Å². The number of hydrogen-bond donors (Lipinski definition) is 0. The van der Waals surface area contributed by atoms with Crippen molar-refractivity contribution in [3.63, 3.8) is 0 Å². The van der Waals surface area contributed by atoms with Crippen molar-refractivity contribution < 1.29 is 4.79 Å². The molecule has 0 saturated carbocycles. The van der Waals surface area contributed by atoms with Crippen LogP contribution >= 0.6 is 39.0 Å². The molecule has 1 unspecified atom stereocenters. The van der Waals surface area contributed by atoms with Crippen molar-refractivity contribution in [1.82, 2.24) is 0 Å². The highest BCUT2D eigenvalue weighted by Crippen LogP contribution is 2.31. The minimum atomic E-state index is 0.203. The van der Waals surface area contributed by atoms with E-state index in [4.69, 9.17) is 0 Å². The lowest BCUT2D eigenvalue weighted by Gasteiger charge is -2.19. The first-order chi connectivity index (χ1) is 6.79. The third-order valence-electron chi connectivity index (χ3n) is 2.35. The zero-order valence-electron chi connectivity index (χ0n) is 7.66. The van der Waals surface area contributed by atoms with Crippen LogP contribution in [0.3, 0.4) is 0 Å². The van der Waals surface area contributed by atoms with Crippen LogP contribution in [0.15, 0.2) is 15.2 Å². The normalized spacial score (nSPS) is 22.2. The van der Waals surface area contributed by atoms with E-state index in [2.05, 4.69) is 15.9 Å². The molecule has 1 aromatic heterocycles. The van der Waals surface area contributed by atoms with Crippen LogP contribution < -0.4 is 0 Å². The maximum absolute atomic E-state index is 12.0. The zero-order chi connectivity index (χ0) is 9.97. The van der Waals surface area contributed by atoms with E-state index in [0.717, 1.165) is 22.2 Å². The van der Waals surface area contributed by atoms with Crippen molar-refractivity contribution in [1.29, 1.82) is 0 Å². The van der Waals surface area contributed by atoms with Gasteiger partial charge < -0.3 is 0 Å². The van der Waals surface area contributed by atoms with Crippen molar-refractivity contribution >= 4 is 44.8 Å². The Labute approximate surface area is 100 Å². The molecule has 0 amide bonds. The van der Waals surface area contributed by atoms with Gasteiger partial charge in [-0.25, -0.2) is 0 Å². The molecule has 1 aromatic rings. The lowest BCUT2D eigenvalue weighted by atomic mass is 10.1. The number of rotatable bonds is 2. The number of thioether (sulfide) groups is 1. The van der Waals surface area contributed by atoms with Crippen molar-refractivity contribution in [2.45, 2.75) is 24.5 Å². The summed E-state index contributed by atoms with van der Waals surface area (Å²) in [6, 6.07) is 0. The Kier molecular flexibility index (Phi) is 3.68. The predicted molar refractivity (Wildman–Crippen MR) is 66.4 cm³/mol. The molecule has 0 spiro atoms. The fourth-order valence-corrected chi connectivity index (χ4v) is 4.32. The van der Waals surface area contributed by atoms with Crippen LogP contribution in [0.4, 0.5) is 0 Å². The quantitative estimate of drug-likeness (QED) is 0.767. The molecule has 2 rings (SSSR count). The summed E-state index contributed by atoms with van der Waals surface area (Å²) in [5.74, 6) is 1.45. The summed E-state index contributed by atoms with van der Waals surface area (Å²) < 4.78 is 0.957. The van der Waals surface area contributed by atoms with E-state index in [0.29, 0.717) is 5.78 Å². The van der Waals surface area contributed by atoms with Gasteiger partial charge in [-0.05, 0) is 34.5 Å². The van der Waals surface area contributed by atoms with Crippen molar-refractivity contribution in [3.05, 3.63) is 20.8 Å². The van der Waals surface area contributed by atoms with Crippen LogP contribution in [-0.2, 0) is 0 Å². The second kappa shape index (κ2) is 4.81. The van der Waals surface area contributed by atoms with E-state index in [9.17, 15) is 4.79 Å². The first-order valence-corrected chi connectivity index (χ1v) is 7.45. The SMILES string of the molecule is O=C(c1cscc1Br)C1CCCCS1. The number of hydrogen-bond acceptors (Lipinski definition) is 3. The topological polar surface area (TPSA) is 17.1 Å². The van der Waals surface area contributed by atoms with Gasteiger partial charge in [-0.1, -0.05) is 6.42 Å². The highest BCUT2D eigenvalue weighted by atomic mass is 79.9. The Balaban J connectivity index is 2.11. The van der Waals surface area contributed by atoms with E-state index >= 15 is 0 Å². The monoisotopic (exact) mass is 290 g/mol. The van der Waals surface area contributed by atoms with Gasteiger partial charge in [0.25, 0.3) is 0 Å². The maximum atomic E-state index is 12.0. The van der Waals surface area contributed by atoms with Crippen molar-refractivity contribution in [2.24, 2.45) is 0 Å². The average molecular weight is 291 g/mol. The third-order valence-corrected chi connectivity index (χ3v) is 5.43. The average Bonchev–Trinajstić information content (AvgIpc) is 2.65. The molecule has 2 heterocycles. The van der Waals surface area contributed by atoms with Gasteiger partial charge in [0.05, 0.1) is 5.25 Å². The molecule has 76 valence electrons. The first kappa shape index (κ1) is 10.7. The smallest absolute Gasteiger partial charge is 0.177 e. The second-order valence-corrected chi connectivity index (χ2v) is 6.26. The second-order valence-electron chi connectivity index (χ2n) is 3.35. The molecule has 0 aromatic carbocycles. The summed E-state index contributed by atoms with van der Waals surface area (Å²) in [5, 5.41) is 4.12. The Morgan fingerprint density at radius 1 is 1.43 bits per heavy atom. The fraction of sp³-hybridized carbons (Fsp3) is 0.500. The zero-order valence-corrected chi connectivity index (χ0v) is 10.9. The summed E-state index contributed by atoms with van der Waals surface area (Å²) in [5.41, 5.74) is 0.870. The van der Waals surface area contributed by atoms with E-state index in [1.54, 1.807) is 11.3 Å². The van der Waals surface area contributed by atoms with Crippen LogP contribution in [-0.4, -0.2) is 16.8 Å². The van der Waals surface area contributed by atoms with E-state index in [-0.39, 0.29) is 5.25 Å².